The van der Waals surface area contributed by atoms with Crippen molar-refractivity contribution in [2.75, 3.05) is 18.6 Å². The van der Waals surface area contributed by atoms with Crippen LogP contribution in [-0.2, 0) is 11.3 Å². The fraction of sp³-hybridized carbons (Fsp3) is 0.125. The molecule has 164 valence electrons. The molecule has 0 aliphatic carbocycles. The Labute approximate surface area is 193 Å². The second-order valence-corrected chi connectivity index (χ2v) is 8.40. The van der Waals surface area contributed by atoms with E-state index in [0.29, 0.717) is 27.5 Å². The summed E-state index contributed by atoms with van der Waals surface area (Å²) in [5, 5.41) is 0.444. The number of carbonyl (C=O) groups excluding carboxylic acids is 3. The number of thiazole rings is 1. The number of hydrogen-bond donors (Lipinski definition) is 0. The van der Waals surface area contributed by atoms with Crippen LogP contribution in [0.5, 0.6) is 5.75 Å². The van der Waals surface area contributed by atoms with Crippen LogP contribution in [0, 0.1) is 0 Å². The van der Waals surface area contributed by atoms with Crippen LogP contribution in [-0.4, -0.2) is 46.2 Å². The number of carbonyl (C=O) groups is 3. The minimum absolute atomic E-state index is 0.192. The van der Waals surface area contributed by atoms with E-state index in [1.165, 1.54) is 16.2 Å². The molecule has 0 spiro atoms. The average molecular weight is 458 g/mol. The molecule has 0 radical (unpaired) electrons. The first kappa shape index (κ1) is 20.8. The summed E-state index contributed by atoms with van der Waals surface area (Å²) in [5.74, 6) is -0.775. The second kappa shape index (κ2) is 8.44. The van der Waals surface area contributed by atoms with Gasteiger partial charge >= 0.3 is 0 Å². The van der Waals surface area contributed by atoms with E-state index in [2.05, 4.69) is 9.97 Å². The number of imide groups is 1. The minimum Gasteiger partial charge on any atom is -0.494 e. The molecule has 2 aromatic heterocycles. The molecule has 1 aliphatic rings. The summed E-state index contributed by atoms with van der Waals surface area (Å²) in [5.41, 5.74) is 2.04. The van der Waals surface area contributed by atoms with Gasteiger partial charge in [-0.1, -0.05) is 35.6 Å². The summed E-state index contributed by atoms with van der Waals surface area (Å²) in [6.07, 6.45) is 3.31. The molecule has 4 aromatic rings. The van der Waals surface area contributed by atoms with Crippen molar-refractivity contribution in [2.24, 2.45) is 0 Å². The van der Waals surface area contributed by atoms with Crippen molar-refractivity contribution >= 4 is 44.4 Å². The number of ether oxygens (including phenoxy) is 1. The molecule has 0 saturated carbocycles. The number of aromatic nitrogens is 2. The SMILES string of the molecule is COc1cccc2sc(N(Cc3cccnc3)C(=O)CN3C(=O)c4ccccc4C3=O)nc12. The Morgan fingerprint density at radius 1 is 1.03 bits per heavy atom. The number of anilines is 1. The summed E-state index contributed by atoms with van der Waals surface area (Å²) < 4.78 is 6.26. The van der Waals surface area contributed by atoms with Crippen molar-refractivity contribution in [3.05, 3.63) is 83.7 Å². The molecule has 8 nitrogen and oxygen atoms in total. The summed E-state index contributed by atoms with van der Waals surface area (Å²) in [6.45, 7) is -0.197. The van der Waals surface area contributed by atoms with Gasteiger partial charge in [0.05, 0.1) is 29.5 Å². The highest BCUT2D eigenvalue weighted by Crippen LogP contribution is 2.35. The van der Waals surface area contributed by atoms with E-state index in [4.69, 9.17) is 4.74 Å². The predicted molar refractivity (Wildman–Crippen MR) is 123 cm³/mol. The van der Waals surface area contributed by atoms with Gasteiger partial charge in [0.15, 0.2) is 5.13 Å². The molecule has 0 fully saturated rings. The topological polar surface area (TPSA) is 92.7 Å². The van der Waals surface area contributed by atoms with E-state index in [-0.39, 0.29) is 13.1 Å². The smallest absolute Gasteiger partial charge is 0.262 e. The number of nitrogens with zero attached hydrogens (tertiary/aromatic N) is 4. The lowest BCUT2D eigenvalue weighted by Crippen LogP contribution is -2.42. The van der Waals surface area contributed by atoms with Gasteiger partial charge in [0.2, 0.25) is 5.91 Å². The van der Waals surface area contributed by atoms with Gasteiger partial charge in [0.1, 0.15) is 17.8 Å². The zero-order valence-electron chi connectivity index (χ0n) is 17.6. The highest BCUT2D eigenvalue weighted by atomic mass is 32.1. The summed E-state index contributed by atoms with van der Waals surface area (Å²) in [4.78, 5) is 50.3. The Hall–Kier alpha value is -4.11. The lowest BCUT2D eigenvalue weighted by molar-refractivity contribution is -0.119. The number of para-hydroxylation sites is 1. The van der Waals surface area contributed by atoms with E-state index in [1.807, 2.05) is 18.2 Å². The Bertz CT molecular complexity index is 1350. The molecular formula is C24H18N4O4S. The molecule has 0 unspecified atom stereocenters. The molecule has 1 aliphatic heterocycles. The van der Waals surface area contributed by atoms with Gasteiger partial charge in [-0.25, -0.2) is 4.98 Å². The van der Waals surface area contributed by atoms with Crippen molar-refractivity contribution in [1.29, 1.82) is 0 Å². The molecule has 0 bridgehead atoms. The van der Waals surface area contributed by atoms with Crippen LogP contribution in [0.15, 0.2) is 67.0 Å². The van der Waals surface area contributed by atoms with Crippen molar-refractivity contribution in [2.45, 2.75) is 6.54 Å². The van der Waals surface area contributed by atoms with E-state index in [0.717, 1.165) is 15.2 Å². The Kier molecular flexibility index (Phi) is 5.31. The Morgan fingerprint density at radius 2 is 1.79 bits per heavy atom. The first-order valence-electron chi connectivity index (χ1n) is 10.1. The van der Waals surface area contributed by atoms with Crippen LogP contribution in [0.3, 0.4) is 0 Å². The average Bonchev–Trinajstić information content (AvgIpc) is 3.38. The third-order valence-corrected chi connectivity index (χ3v) is 6.40. The molecule has 0 atom stereocenters. The van der Waals surface area contributed by atoms with Crippen LogP contribution < -0.4 is 9.64 Å². The quantitative estimate of drug-likeness (QED) is 0.411. The molecular weight excluding hydrogens is 440 g/mol. The van der Waals surface area contributed by atoms with Crippen molar-refractivity contribution in [1.82, 2.24) is 14.9 Å². The maximum atomic E-state index is 13.5. The van der Waals surface area contributed by atoms with Gasteiger partial charge < -0.3 is 4.74 Å². The first-order chi connectivity index (χ1) is 16.1. The van der Waals surface area contributed by atoms with Crippen LogP contribution in [0.4, 0.5) is 5.13 Å². The second-order valence-electron chi connectivity index (χ2n) is 7.39. The van der Waals surface area contributed by atoms with Crippen molar-refractivity contribution in [3.63, 3.8) is 0 Å². The molecule has 0 saturated heterocycles. The summed E-state index contributed by atoms with van der Waals surface area (Å²) in [6, 6.07) is 15.8. The number of fused-ring (bicyclic) bond motifs is 2. The van der Waals surface area contributed by atoms with Gasteiger partial charge in [-0.05, 0) is 35.9 Å². The predicted octanol–water partition coefficient (Wildman–Crippen LogP) is 3.53. The van der Waals surface area contributed by atoms with Gasteiger partial charge in [-0.15, -0.1) is 0 Å². The van der Waals surface area contributed by atoms with Gasteiger partial charge in [0, 0.05) is 12.4 Å². The number of rotatable bonds is 6. The van der Waals surface area contributed by atoms with E-state index < -0.39 is 17.7 Å². The third-order valence-electron chi connectivity index (χ3n) is 5.36. The zero-order valence-corrected chi connectivity index (χ0v) is 18.4. The lowest BCUT2D eigenvalue weighted by atomic mass is 10.1. The van der Waals surface area contributed by atoms with Gasteiger partial charge in [-0.3, -0.25) is 29.2 Å². The van der Waals surface area contributed by atoms with Crippen LogP contribution in [0.25, 0.3) is 10.2 Å². The van der Waals surface area contributed by atoms with E-state index in [1.54, 1.807) is 55.9 Å². The molecule has 3 heterocycles. The molecule has 33 heavy (non-hydrogen) atoms. The Balaban J connectivity index is 1.49. The fourth-order valence-electron chi connectivity index (χ4n) is 3.73. The van der Waals surface area contributed by atoms with Crippen molar-refractivity contribution in [3.8, 4) is 5.75 Å². The molecule has 9 heteroatoms. The number of methoxy groups -OCH3 is 1. The van der Waals surface area contributed by atoms with Crippen LogP contribution in [0.2, 0.25) is 0 Å². The van der Waals surface area contributed by atoms with E-state index >= 15 is 0 Å². The number of amides is 3. The molecule has 2 aromatic carbocycles. The van der Waals surface area contributed by atoms with Gasteiger partial charge in [0.25, 0.3) is 11.8 Å². The maximum Gasteiger partial charge on any atom is 0.262 e. The molecule has 3 amide bonds. The normalized spacial score (nSPS) is 12.8. The van der Waals surface area contributed by atoms with Crippen LogP contribution >= 0.6 is 11.3 Å². The number of benzene rings is 2. The lowest BCUT2D eigenvalue weighted by Gasteiger charge is -2.22. The summed E-state index contributed by atoms with van der Waals surface area (Å²) in [7, 11) is 1.56. The zero-order chi connectivity index (χ0) is 22.9. The molecule has 0 N–H and O–H groups in total. The monoisotopic (exact) mass is 458 g/mol. The largest absolute Gasteiger partial charge is 0.494 e. The fourth-order valence-corrected chi connectivity index (χ4v) is 4.73. The van der Waals surface area contributed by atoms with Crippen molar-refractivity contribution < 1.29 is 19.1 Å². The third kappa shape index (κ3) is 3.72. The molecule has 5 rings (SSSR count). The summed E-state index contributed by atoms with van der Waals surface area (Å²) >= 11 is 1.33. The number of pyridine rings is 1. The first-order valence-corrected chi connectivity index (χ1v) is 11.0. The number of hydrogen-bond acceptors (Lipinski definition) is 7. The minimum atomic E-state index is -0.476. The van der Waals surface area contributed by atoms with Crippen LogP contribution in [0.1, 0.15) is 26.3 Å². The standard InChI is InChI=1S/C24H18N4O4S/c1-32-18-9-4-10-19-21(18)26-24(33-19)27(13-15-6-5-11-25-12-15)20(29)14-28-22(30)16-7-2-3-8-17(16)23(28)31/h2-12H,13-14H2,1H3. The Morgan fingerprint density at radius 3 is 2.45 bits per heavy atom. The van der Waals surface area contributed by atoms with Gasteiger partial charge in [-0.2, -0.15) is 0 Å². The van der Waals surface area contributed by atoms with E-state index in [9.17, 15) is 14.4 Å². The highest BCUT2D eigenvalue weighted by Gasteiger charge is 2.37. The maximum absolute atomic E-state index is 13.5. The highest BCUT2D eigenvalue weighted by molar-refractivity contribution is 7.22.